The molecule has 2 heterocycles. The van der Waals surface area contributed by atoms with Crippen molar-refractivity contribution in [3.63, 3.8) is 0 Å². The molecule has 4 aromatic rings. The number of carboxylic acid groups (broad SMARTS) is 1. The molecule has 29 heavy (non-hydrogen) atoms. The zero-order valence-corrected chi connectivity index (χ0v) is 15.3. The maximum Gasteiger partial charge on any atom is 0.433 e. The van der Waals surface area contributed by atoms with Gasteiger partial charge in [0.1, 0.15) is 16.0 Å². The highest BCUT2D eigenvalue weighted by Gasteiger charge is 2.41. The molecule has 0 saturated carbocycles. The molecule has 4 rings (SSSR count). The van der Waals surface area contributed by atoms with E-state index in [0.717, 1.165) is 22.7 Å². The highest BCUT2D eigenvalue weighted by Crippen LogP contribution is 2.39. The Balaban J connectivity index is 1.61. The number of benzene rings is 2. The highest BCUT2D eigenvalue weighted by atomic mass is 32.1. The summed E-state index contributed by atoms with van der Waals surface area (Å²) in [6, 6.07) is 13.2. The van der Waals surface area contributed by atoms with Gasteiger partial charge < -0.3 is 10.4 Å². The topological polar surface area (TPSA) is 83.7 Å². The molecule has 0 unspecified atom stereocenters. The van der Waals surface area contributed by atoms with Crippen LogP contribution in [0.25, 0.3) is 15.6 Å². The molecule has 2 aromatic carbocycles. The summed E-state index contributed by atoms with van der Waals surface area (Å²) in [5.74, 6) is -2.28. The number of amides is 1. The summed E-state index contributed by atoms with van der Waals surface area (Å²) in [6.07, 6.45) is -4.03. The van der Waals surface area contributed by atoms with Crippen LogP contribution in [0.15, 0.2) is 48.8 Å². The molecule has 0 fully saturated rings. The minimum absolute atomic E-state index is 0.00680. The minimum atomic E-state index is -4.88. The Morgan fingerprint density at radius 2 is 1.86 bits per heavy atom. The molecule has 10 heteroatoms. The third-order valence-electron chi connectivity index (χ3n) is 4.28. The Kier molecular flexibility index (Phi) is 4.50. The second-order valence-corrected chi connectivity index (χ2v) is 7.26. The summed E-state index contributed by atoms with van der Waals surface area (Å²) in [4.78, 5) is 26.4. The number of aromatic nitrogens is 2. The van der Waals surface area contributed by atoms with E-state index in [1.54, 1.807) is 6.07 Å². The van der Waals surface area contributed by atoms with E-state index in [4.69, 9.17) is 5.11 Å². The maximum atomic E-state index is 13.3. The Morgan fingerprint density at radius 3 is 2.55 bits per heavy atom. The second kappa shape index (κ2) is 6.89. The van der Waals surface area contributed by atoms with E-state index in [-0.39, 0.29) is 17.1 Å². The molecule has 1 amide bonds. The van der Waals surface area contributed by atoms with Crippen LogP contribution in [0.5, 0.6) is 0 Å². The van der Waals surface area contributed by atoms with Gasteiger partial charge in [-0.25, -0.2) is 9.78 Å². The number of rotatable bonds is 4. The molecule has 2 aromatic heterocycles. The van der Waals surface area contributed by atoms with Gasteiger partial charge in [-0.1, -0.05) is 42.5 Å². The number of alkyl halides is 3. The lowest BCUT2D eigenvalue weighted by Gasteiger charge is -2.05. The molecule has 148 valence electrons. The van der Waals surface area contributed by atoms with E-state index < -0.39 is 28.6 Å². The number of anilines is 1. The van der Waals surface area contributed by atoms with Crippen molar-refractivity contribution in [1.29, 1.82) is 0 Å². The van der Waals surface area contributed by atoms with Crippen molar-refractivity contribution in [2.75, 3.05) is 5.32 Å². The van der Waals surface area contributed by atoms with Crippen molar-refractivity contribution < 1.29 is 27.9 Å². The number of aromatic carboxylic acids is 1. The van der Waals surface area contributed by atoms with Crippen molar-refractivity contribution in [1.82, 2.24) is 9.38 Å². The van der Waals surface area contributed by atoms with E-state index in [2.05, 4.69) is 10.3 Å². The van der Waals surface area contributed by atoms with Gasteiger partial charge in [-0.05, 0) is 16.3 Å². The van der Waals surface area contributed by atoms with Crippen LogP contribution >= 0.6 is 11.3 Å². The van der Waals surface area contributed by atoms with Crippen molar-refractivity contribution in [3.05, 3.63) is 64.9 Å². The minimum Gasteiger partial charge on any atom is -0.477 e. The lowest BCUT2D eigenvalue weighted by Crippen LogP contribution is -2.14. The number of thiazole rings is 1. The van der Waals surface area contributed by atoms with Gasteiger partial charge in [-0.2, -0.15) is 13.2 Å². The standard InChI is InChI=1S/C19H12F3N3O3S/c20-19(21,22)15-14(18(27)28)29-17-16(23-9-25(15)17)24-13(26)8-10-5-6-11-3-1-2-4-12(11)7-10/h1-7,9H,8H2,(H,24,26)(H,27,28). The zero-order chi connectivity index (χ0) is 20.8. The molecule has 0 radical (unpaired) electrons. The smallest absolute Gasteiger partial charge is 0.433 e. The number of imidazole rings is 1. The number of carbonyl (C=O) groups excluding carboxylic acids is 1. The normalized spacial score (nSPS) is 11.8. The van der Waals surface area contributed by atoms with Crippen LogP contribution in [0, 0.1) is 0 Å². The van der Waals surface area contributed by atoms with Gasteiger partial charge in [0, 0.05) is 0 Å². The van der Waals surface area contributed by atoms with Gasteiger partial charge in [-0.3, -0.25) is 9.20 Å². The molecular weight excluding hydrogens is 407 g/mol. The first-order chi connectivity index (χ1) is 13.7. The van der Waals surface area contributed by atoms with Crippen LogP contribution in [0.4, 0.5) is 19.0 Å². The van der Waals surface area contributed by atoms with Crippen LogP contribution in [0.1, 0.15) is 20.9 Å². The molecule has 0 saturated heterocycles. The average molecular weight is 419 g/mol. The van der Waals surface area contributed by atoms with Crippen LogP contribution in [0.3, 0.4) is 0 Å². The van der Waals surface area contributed by atoms with Gasteiger partial charge in [0.25, 0.3) is 0 Å². The quantitative estimate of drug-likeness (QED) is 0.512. The molecule has 0 bridgehead atoms. The molecule has 0 aliphatic rings. The average Bonchev–Trinajstić information content (AvgIpc) is 3.21. The highest BCUT2D eigenvalue weighted by molar-refractivity contribution is 7.20. The number of hydrogen-bond donors (Lipinski definition) is 2. The number of nitrogens with zero attached hydrogens (tertiary/aromatic N) is 2. The summed E-state index contributed by atoms with van der Waals surface area (Å²) in [5, 5.41) is 13.5. The summed E-state index contributed by atoms with van der Waals surface area (Å²) < 4.78 is 40.4. The number of hydrogen-bond acceptors (Lipinski definition) is 4. The molecule has 6 nitrogen and oxygen atoms in total. The fraction of sp³-hybridized carbons (Fsp3) is 0.105. The second-order valence-electron chi connectivity index (χ2n) is 6.26. The van der Waals surface area contributed by atoms with E-state index in [9.17, 15) is 22.8 Å². The van der Waals surface area contributed by atoms with Gasteiger partial charge in [0.2, 0.25) is 5.91 Å². The van der Waals surface area contributed by atoms with Gasteiger partial charge in [0.15, 0.2) is 11.5 Å². The van der Waals surface area contributed by atoms with E-state index in [0.29, 0.717) is 15.7 Å². The molecule has 0 aliphatic carbocycles. The number of carboxylic acids is 1. The summed E-state index contributed by atoms with van der Waals surface area (Å²) in [6.45, 7) is 0. The monoisotopic (exact) mass is 419 g/mol. The number of fused-ring (bicyclic) bond motifs is 2. The number of halogens is 3. The van der Waals surface area contributed by atoms with Crippen molar-refractivity contribution in [2.24, 2.45) is 0 Å². The van der Waals surface area contributed by atoms with Gasteiger partial charge >= 0.3 is 12.1 Å². The Labute approximate surface area is 165 Å². The van der Waals surface area contributed by atoms with Crippen LogP contribution in [0.2, 0.25) is 0 Å². The first-order valence-corrected chi connectivity index (χ1v) is 9.13. The molecule has 2 N–H and O–H groups in total. The number of nitrogens with one attached hydrogen (secondary N) is 1. The zero-order valence-electron chi connectivity index (χ0n) is 14.5. The van der Waals surface area contributed by atoms with Crippen molar-refractivity contribution in [2.45, 2.75) is 12.6 Å². The molecule has 0 atom stereocenters. The fourth-order valence-electron chi connectivity index (χ4n) is 3.05. The van der Waals surface area contributed by atoms with E-state index in [1.807, 2.05) is 36.4 Å². The van der Waals surface area contributed by atoms with E-state index >= 15 is 0 Å². The largest absolute Gasteiger partial charge is 0.477 e. The molecule has 0 aliphatic heterocycles. The Bertz CT molecular complexity index is 1260. The van der Waals surface area contributed by atoms with Crippen LogP contribution in [-0.4, -0.2) is 26.4 Å². The van der Waals surface area contributed by atoms with Gasteiger partial charge in [0.05, 0.1) is 6.42 Å². The van der Waals surface area contributed by atoms with Crippen molar-refractivity contribution >= 4 is 44.6 Å². The molecule has 0 spiro atoms. The Morgan fingerprint density at radius 1 is 1.14 bits per heavy atom. The Hall–Kier alpha value is -3.40. The first-order valence-electron chi connectivity index (χ1n) is 8.32. The SMILES string of the molecule is O=C(Cc1ccc2ccccc2c1)Nc1ncn2c(C(F)(F)F)c(C(=O)O)sc12. The first kappa shape index (κ1) is 18.9. The van der Waals surface area contributed by atoms with Crippen LogP contribution in [-0.2, 0) is 17.4 Å². The predicted octanol–water partition coefficient (Wildman–Crippen LogP) is 4.45. The summed E-state index contributed by atoms with van der Waals surface area (Å²) in [5.41, 5.74) is -0.599. The maximum absolute atomic E-state index is 13.3. The lowest BCUT2D eigenvalue weighted by molar-refractivity contribution is -0.142. The van der Waals surface area contributed by atoms with Gasteiger partial charge in [-0.15, -0.1) is 11.3 Å². The third-order valence-corrected chi connectivity index (χ3v) is 5.43. The summed E-state index contributed by atoms with van der Waals surface area (Å²) in [7, 11) is 0. The lowest BCUT2D eigenvalue weighted by atomic mass is 10.1. The fourth-order valence-corrected chi connectivity index (χ4v) is 4.08. The van der Waals surface area contributed by atoms with Crippen LogP contribution < -0.4 is 5.32 Å². The third kappa shape index (κ3) is 3.54. The summed E-state index contributed by atoms with van der Waals surface area (Å²) >= 11 is 0.409. The predicted molar refractivity (Wildman–Crippen MR) is 101 cm³/mol. The molecular formula is C19H12F3N3O3S. The van der Waals surface area contributed by atoms with Crippen molar-refractivity contribution in [3.8, 4) is 0 Å². The van der Waals surface area contributed by atoms with E-state index in [1.165, 1.54) is 0 Å². The number of carbonyl (C=O) groups is 2.